The lowest BCUT2D eigenvalue weighted by molar-refractivity contribution is -0.116. The molecule has 0 aliphatic carbocycles. The lowest BCUT2D eigenvalue weighted by Crippen LogP contribution is -2.27. The van der Waals surface area contributed by atoms with Crippen LogP contribution < -0.4 is 16.0 Å². The Morgan fingerprint density at radius 1 is 1.06 bits per heavy atom. The second-order valence-corrected chi connectivity index (χ2v) is 10.8. The predicted octanol–water partition coefficient (Wildman–Crippen LogP) is 3.69. The Bertz CT molecular complexity index is 1270. The maximum Gasteiger partial charge on any atom is 0.238 e. The first-order chi connectivity index (χ1) is 16.1. The molecule has 0 spiro atoms. The van der Waals surface area contributed by atoms with Gasteiger partial charge >= 0.3 is 0 Å². The van der Waals surface area contributed by atoms with Gasteiger partial charge in [0.05, 0.1) is 23.7 Å². The van der Waals surface area contributed by atoms with E-state index in [0.717, 1.165) is 0 Å². The molecule has 0 radical (unpaired) electrons. The topological polar surface area (TPSA) is 129 Å². The third-order valence-corrected chi connectivity index (χ3v) is 6.93. The number of likely N-dealkylation sites (N-methyl/N-ethyl adjacent to an activating group) is 1. The number of carbonyl (C=O) groups excluding carboxylic acids is 1. The Morgan fingerprint density at radius 3 is 2.38 bits per heavy atom. The monoisotopic (exact) mass is 503 g/mol. The number of pyridine rings is 1. The van der Waals surface area contributed by atoms with Crippen molar-refractivity contribution in [1.29, 1.82) is 0 Å². The van der Waals surface area contributed by atoms with Crippen molar-refractivity contribution in [2.45, 2.75) is 24.1 Å². The number of nitrogens with one attached hydrogen (secondary N) is 3. The molecule has 0 saturated carbocycles. The summed E-state index contributed by atoms with van der Waals surface area (Å²) in [6, 6.07) is 10.3. The van der Waals surface area contributed by atoms with Crippen LogP contribution in [-0.2, 0) is 14.6 Å². The van der Waals surface area contributed by atoms with Crippen molar-refractivity contribution < 1.29 is 13.2 Å². The average Bonchev–Trinajstić information content (AvgIpc) is 2.77. The maximum atomic E-state index is 12.7. The molecule has 3 N–H and O–H groups in total. The van der Waals surface area contributed by atoms with E-state index in [1.54, 1.807) is 55.1 Å². The number of hydrogen-bond donors (Lipinski definition) is 3. The Labute approximate surface area is 203 Å². The first-order valence-corrected chi connectivity index (χ1v) is 12.3. The molecule has 0 aliphatic rings. The molecular formula is C22H26ClN7O3S. The molecule has 12 heteroatoms. The number of amides is 1. The molecule has 10 nitrogen and oxygen atoms in total. The van der Waals surface area contributed by atoms with Gasteiger partial charge in [-0.1, -0.05) is 11.6 Å². The quantitative estimate of drug-likeness (QED) is 0.400. The lowest BCUT2D eigenvalue weighted by atomic mass is 10.2. The number of anilines is 5. The highest BCUT2D eigenvalue weighted by atomic mass is 35.5. The number of nitrogens with zero attached hydrogens (tertiary/aromatic N) is 4. The van der Waals surface area contributed by atoms with Crippen molar-refractivity contribution in [2.75, 3.05) is 36.6 Å². The van der Waals surface area contributed by atoms with E-state index >= 15 is 0 Å². The van der Waals surface area contributed by atoms with Gasteiger partial charge in [-0.2, -0.15) is 4.98 Å². The summed E-state index contributed by atoms with van der Waals surface area (Å²) in [5.41, 5.74) is 1.61. The molecule has 34 heavy (non-hydrogen) atoms. The number of hydrogen-bond acceptors (Lipinski definition) is 9. The zero-order chi connectivity index (χ0) is 24.9. The van der Waals surface area contributed by atoms with Gasteiger partial charge < -0.3 is 20.9 Å². The lowest BCUT2D eigenvalue weighted by Gasteiger charge is -2.14. The Balaban J connectivity index is 1.78. The Hall–Kier alpha value is -3.28. The highest BCUT2D eigenvalue weighted by Gasteiger charge is 2.24. The van der Waals surface area contributed by atoms with Crippen LogP contribution in [0, 0.1) is 0 Å². The third kappa shape index (κ3) is 6.40. The molecule has 0 fully saturated rings. The fourth-order valence-electron chi connectivity index (χ4n) is 2.83. The summed E-state index contributed by atoms with van der Waals surface area (Å²) in [6.07, 6.45) is 2.82. The first kappa shape index (κ1) is 25.3. The van der Waals surface area contributed by atoms with Gasteiger partial charge in [-0.15, -0.1) is 0 Å². The number of benzene rings is 1. The highest BCUT2D eigenvalue weighted by molar-refractivity contribution is 7.92. The number of sulfone groups is 1. The maximum absolute atomic E-state index is 12.7. The van der Waals surface area contributed by atoms with E-state index in [4.69, 9.17) is 11.6 Å². The molecule has 0 atom stereocenters. The van der Waals surface area contributed by atoms with Crippen LogP contribution in [0.4, 0.5) is 28.8 Å². The Kier molecular flexibility index (Phi) is 8.02. The smallest absolute Gasteiger partial charge is 0.238 e. The van der Waals surface area contributed by atoms with Gasteiger partial charge in [0.1, 0.15) is 5.02 Å². The normalized spacial score (nSPS) is 11.5. The fraction of sp³-hybridized carbons (Fsp3) is 0.273. The van der Waals surface area contributed by atoms with Crippen molar-refractivity contribution in [3.8, 4) is 0 Å². The minimum Gasteiger partial charge on any atom is -0.336 e. The summed E-state index contributed by atoms with van der Waals surface area (Å²) in [4.78, 5) is 26.3. The van der Waals surface area contributed by atoms with Crippen LogP contribution in [0.3, 0.4) is 0 Å². The van der Waals surface area contributed by atoms with Crippen molar-refractivity contribution in [3.63, 3.8) is 0 Å². The second kappa shape index (κ2) is 10.8. The van der Waals surface area contributed by atoms with E-state index in [1.165, 1.54) is 12.4 Å². The summed E-state index contributed by atoms with van der Waals surface area (Å²) < 4.78 is 25.3. The molecule has 3 rings (SSSR count). The summed E-state index contributed by atoms with van der Waals surface area (Å²) in [6.45, 7) is 3.46. The summed E-state index contributed by atoms with van der Waals surface area (Å²) in [5, 5.41) is 8.31. The van der Waals surface area contributed by atoms with Gasteiger partial charge in [-0.05, 0) is 64.3 Å². The second-order valence-electron chi connectivity index (χ2n) is 7.95. The fourth-order valence-corrected chi connectivity index (χ4v) is 4.05. The number of aromatic nitrogens is 3. The molecule has 1 aromatic carbocycles. The number of carbonyl (C=O) groups is 1. The molecule has 2 aromatic heterocycles. The molecule has 2 heterocycles. The van der Waals surface area contributed by atoms with Crippen LogP contribution >= 0.6 is 11.6 Å². The van der Waals surface area contributed by atoms with Crippen LogP contribution in [0.5, 0.6) is 0 Å². The van der Waals surface area contributed by atoms with Crippen molar-refractivity contribution >= 4 is 56.2 Å². The molecule has 3 aromatic rings. The van der Waals surface area contributed by atoms with Gasteiger partial charge in [0.25, 0.3) is 0 Å². The zero-order valence-corrected chi connectivity index (χ0v) is 20.8. The van der Waals surface area contributed by atoms with Gasteiger partial charge in [0, 0.05) is 17.6 Å². The van der Waals surface area contributed by atoms with E-state index in [0.29, 0.717) is 11.4 Å². The van der Waals surface area contributed by atoms with Crippen molar-refractivity contribution in [3.05, 3.63) is 53.8 Å². The molecule has 0 unspecified atom stereocenters. The van der Waals surface area contributed by atoms with Crippen LogP contribution in [0.15, 0.2) is 53.8 Å². The van der Waals surface area contributed by atoms with E-state index in [1.807, 2.05) is 14.1 Å². The van der Waals surface area contributed by atoms with Gasteiger partial charge in [-0.3, -0.25) is 4.79 Å². The first-order valence-electron chi connectivity index (χ1n) is 10.4. The van der Waals surface area contributed by atoms with E-state index < -0.39 is 15.1 Å². The van der Waals surface area contributed by atoms with E-state index in [-0.39, 0.29) is 40.0 Å². The van der Waals surface area contributed by atoms with Crippen molar-refractivity contribution in [1.82, 2.24) is 19.9 Å². The standard InChI is InChI=1S/C22H26ClN7O3S/c1-14(2)34(32,33)21-18(6-5-11-24-21)28-20-17(23)12-25-22(29-20)27-16-9-7-15(8-10-16)26-19(31)13-30(3)4/h5-12,14H,13H2,1-4H3,(H,26,31)(H2,25,27,28,29). The molecular weight excluding hydrogens is 478 g/mol. The highest BCUT2D eigenvalue weighted by Crippen LogP contribution is 2.29. The van der Waals surface area contributed by atoms with E-state index in [9.17, 15) is 13.2 Å². The van der Waals surface area contributed by atoms with Crippen LogP contribution in [-0.4, -0.2) is 60.1 Å². The Morgan fingerprint density at radius 2 is 1.74 bits per heavy atom. The van der Waals surface area contributed by atoms with Crippen LogP contribution in [0.1, 0.15) is 13.8 Å². The largest absolute Gasteiger partial charge is 0.336 e. The molecule has 0 saturated heterocycles. The molecule has 1 amide bonds. The minimum absolute atomic E-state index is 0.0823. The molecule has 0 aliphatic heterocycles. The van der Waals surface area contributed by atoms with Gasteiger partial charge in [-0.25, -0.2) is 18.4 Å². The molecule has 180 valence electrons. The zero-order valence-electron chi connectivity index (χ0n) is 19.2. The van der Waals surface area contributed by atoms with Gasteiger partial charge in [0.2, 0.25) is 11.9 Å². The van der Waals surface area contributed by atoms with Crippen molar-refractivity contribution in [2.24, 2.45) is 0 Å². The predicted molar refractivity (Wildman–Crippen MR) is 134 cm³/mol. The summed E-state index contributed by atoms with van der Waals surface area (Å²) in [7, 11) is 0.0121. The SMILES string of the molecule is CC(C)S(=O)(=O)c1ncccc1Nc1nc(Nc2ccc(NC(=O)CN(C)C)cc2)ncc1Cl. The van der Waals surface area contributed by atoms with E-state index in [2.05, 4.69) is 30.9 Å². The summed E-state index contributed by atoms with van der Waals surface area (Å²) >= 11 is 6.25. The summed E-state index contributed by atoms with van der Waals surface area (Å²) in [5.74, 6) is 0.352. The van der Waals surface area contributed by atoms with Crippen LogP contribution in [0.2, 0.25) is 5.02 Å². The van der Waals surface area contributed by atoms with Crippen LogP contribution in [0.25, 0.3) is 0 Å². The third-order valence-electron chi connectivity index (χ3n) is 4.54. The van der Waals surface area contributed by atoms with Gasteiger partial charge in [0.15, 0.2) is 20.7 Å². The minimum atomic E-state index is -3.63. The molecule has 0 bridgehead atoms. The number of rotatable bonds is 9. The average molecular weight is 504 g/mol. The number of halogens is 1.